The summed E-state index contributed by atoms with van der Waals surface area (Å²) in [5.41, 5.74) is 1.33. The molecule has 1 aliphatic heterocycles. The van der Waals surface area contributed by atoms with Gasteiger partial charge in [0, 0.05) is 16.7 Å². The SMILES string of the molecule is O=C1OCCN1CCOc1nc(Oc2ccc(F)cc2F)nc2n[nH]c(-c3ccccc3Cl)c12. The van der Waals surface area contributed by atoms with Crippen molar-refractivity contribution in [3.05, 3.63) is 59.1 Å². The van der Waals surface area contributed by atoms with Crippen molar-refractivity contribution in [3.63, 3.8) is 0 Å². The van der Waals surface area contributed by atoms with E-state index in [1.807, 2.05) is 6.07 Å². The van der Waals surface area contributed by atoms with Crippen molar-refractivity contribution >= 4 is 28.7 Å². The number of benzene rings is 2. The van der Waals surface area contributed by atoms with Crippen molar-refractivity contribution in [2.24, 2.45) is 0 Å². The zero-order valence-corrected chi connectivity index (χ0v) is 18.2. The molecule has 5 rings (SSSR count). The number of rotatable bonds is 7. The highest BCUT2D eigenvalue weighted by Gasteiger charge is 2.23. The smallest absolute Gasteiger partial charge is 0.410 e. The molecule has 0 saturated carbocycles. The van der Waals surface area contributed by atoms with Gasteiger partial charge in [0.2, 0.25) is 5.88 Å². The van der Waals surface area contributed by atoms with Gasteiger partial charge in [-0.05, 0) is 18.2 Å². The van der Waals surface area contributed by atoms with Crippen molar-refractivity contribution in [3.8, 4) is 28.9 Å². The minimum absolute atomic E-state index is 0.0820. The first kappa shape index (κ1) is 21.8. The van der Waals surface area contributed by atoms with Crippen LogP contribution in [0.4, 0.5) is 13.6 Å². The molecule has 9 nitrogen and oxygen atoms in total. The molecule has 1 amide bonds. The Bertz CT molecular complexity index is 1380. The number of cyclic esters (lactones) is 1. The Hall–Kier alpha value is -3.99. The van der Waals surface area contributed by atoms with Gasteiger partial charge in [0.25, 0.3) is 0 Å². The minimum Gasteiger partial charge on any atom is -0.475 e. The third-order valence-electron chi connectivity index (χ3n) is 5.04. The number of nitrogens with one attached hydrogen (secondary N) is 1. The number of carbonyl (C=O) groups excluding carboxylic acids is 1. The maximum absolute atomic E-state index is 14.1. The van der Waals surface area contributed by atoms with Gasteiger partial charge in [-0.3, -0.25) is 5.10 Å². The van der Waals surface area contributed by atoms with Gasteiger partial charge in [-0.15, -0.1) is 0 Å². The van der Waals surface area contributed by atoms with Crippen molar-refractivity contribution in [2.75, 3.05) is 26.3 Å². The van der Waals surface area contributed by atoms with E-state index < -0.39 is 17.7 Å². The summed E-state index contributed by atoms with van der Waals surface area (Å²) in [7, 11) is 0. The number of fused-ring (bicyclic) bond motifs is 1. The summed E-state index contributed by atoms with van der Waals surface area (Å²) in [6, 6.07) is 9.71. The molecule has 0 atom stereocenters. The van der Waals surface area contributed by atoms with E-state index in [9.17, 15) is 13.6 Å². The number of hydrogen-bond donors (Lipinski definition) is 1. The van der Waals surface area contributed by atoms with E-state index in [1.165, 1.54) is 4.90 Å². The van der Waals surface area contributed by atoms with Gasteiger partial charge in [0.1, 0.15) is 24.4 Å². The van der Waals surface area contributed by atoms with Gasteiger partial charge < -0.3 is 19.1 Å². The summed E-state index contributed by atoms with van der Waals surface area (Å²) in [4.78, 5) is 21.7. The predicted molar refractivity (Wildman–Crippen MR) is 117 cm³/mol. The Morgan fingerprint density at radius 2 is 2.03 bits per heavy atom. The van der Waals surface area contributed by atoms with Crippen LogP contribution in [0.15, 0.2) is 42.5 Å². The van der Waals surface area contributed by atoms with Gasteiger partial charge in [0.15, 0.2) is 17.2 Å². The number of H-pyrrole nitrogens is 1. The molecule has 0 aliphatic carbocycles. The van der Waals surface area contributed by atoms with Crippen LogP contribution in [0.5, 0.6) is 17.6 Å². The molecule has 2 aromatic heterocycles. The fraction of sp³-hybridized carbons (Fsp3) is 0.182. The van der Waals surface area contributed by atoms with Crippen LogP contribution in [0.2, 0.25) is 5.02 Å². The van der Waals surface area contributed by atoms with Crippen molar-refractivity contribution in [2.45, 2.75) is 0 Å². The number of amides is 1. The molecule has 3 heterocycles. The van der Waals surface area contributed by atoms with Crippen LogP contribution < -0.4 is 9.47 Å². The van der Waals surface area contributed by atoms with Gasteiger partial charge >= 0.3 is 12.1 Å². The van der Waals surface area contributed by atoms with Crippen LogP contribution in [0, 0.1) is 11.6 Å². The summed E-state index contributed by atoms with van der Waals surface area (Å²) in [6.45, 7) is 1.11. The fourth-order valence-corrected chi connectivity index (χ4v) is 3.65. The van der Waals surface area contributed by atoms with Crippen LogP contribution >= 0.6 is 11.6 Å². The Labute approximate surface area is 196 Å². The Morgan fingerprint density at radius 3 is 2.79 bits per heavy atom. The summed E-state index contributed by atoms with van der Waals surface area (Å²) in [5.74, 6) is -1.85. The maximum Gasteiger partial charge on any atom is 0.410 e. The highest BCUT2D eigenvalue weighted by molar-refractivity contribution is 6.33. The highest BCUT2D eigenvalue weighted by atomic mass is 35.5. The predicted octanol–water partition coefficient (Wildman–Crippen LogP) is 4.57. The molecule has 0 spiro atoms. The average Bonchev–Trinajstić information content (AvgIpc) is 3.42. The summed E-state index contributed by atoms with van der Waals surface area (Å²) in [5, 5.41) is 7.96. The molecule has 1 N–H and O–H groups in total. The first-order valence-corrected chi connectivity index (χ1v) is 10.6. The first-order valence-electron chi connectivity index (χ1n) is 10.2. The lowest BCUT2D eigenvalue weighted by Gasteiger charge is -2.14. The number of aromatic amines is 1. The molecular formula is C22H16ClF2N5O4. The summed E-state index contributed by atoms with van der Waals surface area (Å²) < 4.78 is 43.6. The second-order valence-electron chi connectivity index (χ2n) is 7.22. The van der Waals surface area contributed by atoms with Gasteiger partial charge in [-0.1, -0.05) is 29.8 Å². The van der Waals surface area contributed by atoms with Crippen molar-refractivity contribution in [1.82, 2.24) is 25.1 Å². The number of nitrogens with zero attached hydrogens (tertiary/aromatic N) is 4. The average molecular weight is 488 g/mol. The molecule has 0 unspecified atom stereocenters. The quantitative estimate of drug-likeness (QED) is 0.407. The van der Waals surface area contributed by atoms with Gasteiger partial charge in [0.05, 0.1) is 18.8 Å². The standard InChI is InChI=1S/C22H16ClF2N5O4/c23-14-4-2-1-3-13(14)18-17-19(29-28-18)26-21(34-16-6-5-12(24)11-15(16)25)27-20(17)32-9-7-30-8-10-33-22(30)31/h1-6,11H,7-10H2,(H,26,27,28,29). The molecule has 0 radical (unpaired) electrons. The molecular weight excluding hydrogens is 472 g/mol. The highest BCUT2D eigenvalue weighted by Crippen LogP contribution is 2.37. The van der Waals surface area contributed by atoms with E-state index >= 15 is 0 Å². The minimum atomic E-state index is -0.919. The van der Waals surface area contributed by atoms with Crippen LogP contribution in [-0.4, -0.2) is 57.5 Å². The van der Waals surface area contributed by atoms with E-state index in [0.717, 1.165) is 12.1 Å². The first-order chi connectivity index (χ1) is 16.5. The molecule has 34 heavy (non-hydrogen) atoms. The lowest BCUT2D eigenvalue weighted by atomic mass is 10.1. The molecule has 0 bridgehead atoms. The number of halogens is 3. The maximum atomic E-state index is 14.1. The third kappa shape index (κ3) is 4.29. The third-order valence-corrected chi connectivity index (χ3v) is 5.37. The normalized spacial score (nSPS) is 13.4. The van der Waals surface area contributed by atoms with E-state index in [2.05, 4.69) is 20.2 Å². The lowest BCUT2D eigenvalue weighted by Crippen LogP contribution is -2.29. The Morgan fingerprint density at radius 1 is 1.18 bits per heavy atom. The molecule has 2 aromatic carbocycles. The van der Waals surface area contributed by atoms with Gasteiger partial charge in [-0.2, -0.15) is 15.1 Å². The number of hydrogen-bond acceptors (Lipinski definition) is 7. The van der Waals surface area contributed by atoms with Crippen LogP contribution in [-0.2, 0) is 4.74 Å². The van der Waals surface area contributed by atoms with Crippen LogP contribution in [0.3, 0.4) is 0 Å². The number of ether oxygens (including phenoxy) is 3. The summed E-state index contributed by atoms with van der Waals surface area (Å²) >= 11 is 6.36. The Balaban J connectivity index is 1.52. The van der Waals surface area contributed by atoms with E-state index in [1.54, 1.807) is 18.2 Å². The molecule has 4 aromatic rings. The molecule has 174 valence electrons. The zero-order chi connectivity index (χ0) is 23.7. The van der Waals surface area contributed by atoms with E-state index in [-0.39, 0.29) is 36.4 Å². The van der Waals surface area contributed by atoms with E-state index in [0.29, 0.717) is 40.9 Å². The van der Waals surface area contributed by atoms with Crippen LogP contribution in [0.1, 0.15) is 0 Å². The van der Waals surface area contributed by atoms with E-state index in [4.69, 9.17) is 25.8 Å². The second kappa shape index (κ2) is 9.10. The van der Waals surface area contributed by atoms with Crippen molar-refractivity contribution < 1.29 is 27.8 Å². The molecule has 1 fully saturated rings. The number of carbonyl (C=O) groups is 1. The Kier molecular flexibility index (Phi) is 5.84. The molecule has 1 saturated heterocycles. The number of aromatic nitrogens is 4. The zero-order valence-electron chi connectivity index (χ0n) is 17.4. The topological polar surface area (TPSA) is 102 Å². The van der Waals surface area contributed by atoms with Crippen molar-refractivity contribution in [1.29, 1.82) is 0 Å². The largest absolute Gasteiger partial charge is 0.475 e. The lowest BCUT2D eigenvalue weighted by molar-refractivity contribution is 0.152. The second-order valence-corrected chi connectivity index (χ2v) is 7.62. The molecule has 12 heteroatoms. The fourth-order valence-electron chi connectivity index (χ4n) is 3.42. The monoisotopic (exact) mass is 487 g/mol. The molecule has 1 aliphatic rings. The summed E-state index contributed by atoms with van der Waals surface area (Å²) in [6.07, 6.45) is -0.424. The van der Waals surface area contributed by atoms with Gasteiger partial charge in [-0.25, -0.2) is 13.6 Å². The van der Waals surface area contributed by atoms with Crippen LogP contribution in [0.25, 0.3) is 22.3 Å².